The van der Waals surface area contributed by atoms with E-state index in [0.29, 0.717) is 23.5 Å². The first kappa shape index (κ1) is 36.5. The normalized spacial score (nSPS) is 9.24. The van der Waals surface area contributed by atoms with Crippen LogP contribution in [-0.2, 0) is 16.0 Å². The van der Waals surface area contributed by atoms with Crippen LogP contribution in [-0.4, -0.2) is 47.3 Å². The lowest BCUT2D eigenvalue weighted by atomic mass is 10.1. The van der Waals surface area contributed by atoms with E-state index in [1.54, 1.807) is 55.6 Å². The number of carbonyl (C=O) groups excluding carboxylic acids is 2. The maximum atomic E-state index is 11.8. The summed E-state index contributed by atoms with van der Waals surface area (Å²) in [5, 5.41) is 0. The fraction of sp³-hybridized carbons (Fsp3) is 0.375. The summed E-state index contributed by atoms with van der Waals surface area (Å²) in [7, 11) is 9.29. The smallest absolute Gasteiger partial charge is 0.343 e. The number of hydrogen-bond donors (Lipinski definition) is 0. The van der Waals surface area contributed by atoms with Crippen LogP contribution in [0.3, 0.4) is 0 Å². The zero-order valence-corrected chi connectivity index (χ0v) is 25.2. The molecule has 0 aliphatic rings. The Kier molecular flexibility index (Phi) is 20.6. The highest BCUT2D eigenvalue weighted by atomic mass is 16.5. The van der Waals surface area contributed by atoms with E-state index in [-0.39, 0.29) is 11.9 Å². The molecule has 0 fully saturated rings. The van der Waals surface area contributed by atoms with Crippen LogP contribution in [0.4, 0.5) is 5.69 Å². The van der Waals surface area contributed by atoms with Crippen molar-refractivity contribution < 1.29 is 23.8 Å². The van der Waals surface area contributed by atoms with Crippen molar-refractivity contribution in [1.82, 2.24) is 4.48 Å². The summed E-state index contributed by atoms with van der Waals surface area (Å²) in [6.07, 6.45) is 0.341. The molecule has 0 heterocycles. The molecule has 0 aliphatic carbocycles. The van der Waals surface area contributed by atoms with E-state index in [2.05, 4.69) is 25.9 Å². The molecule has 0 saturated carbocycles. The second-order valence-corrected chi connectivity index (χ2v) is 7.87. The highest BCUT2D eigenvalue weighted by Gasteiger charge is 2.12. The van der Waals surface area contributed by atoms with Gasteiger partial charge in [-0.1, -0.05) is 77.9 Å². The zero-order valence-electron chi connectivity index (χ0n) is 25.2. The van der Waals surface area contributed by atoms with Crippen LogP contribution in [0.5, 0.6) is 11.5 Å². The van der Waals surface area contributed by atoms with E-state index in [9.17, 15) is 9.59 Å². The molecule has 3 aromatic carbocycles. The van der Waals surface area contributed by atoms with Crippen LogP contribution in [0.1, 0.15) is 57.5 Å². The second-order valence-electron chi connectivity index (χ2n) is 7.87. The van der Waals surface area contributed by atoms with Crippen LogP contribution < -0.4 is 14.0 Å². The maximum absolute atomic E-state index is 11.8. The molecule has 0 aromatic heterocycles. The third-order valence-corrected chi connectivity index (χ3v) is 4.55. The standard InChI is InChI=1S/C14H12O3.C12H18NO2.3C2H6/c1-16-12-8-5-9-13(10-12)17-14(15)11-6-3-2-4-7-11;1-13(2,3)11-7-5-10(6-8-11)9-12(14)15-4;3*1-2/h2-10H,1H3;5-8H,9H2,1-4H3;3*1-2H3/q;+1;;;. The monoisotopic (exact) mass is 526 g/mol. The quantitative estimate of drug-likeness (QED) is 0.188. The molecule has 0 spiro atoms. The zero-order chi connectivity index (χ0) is 29.6. The van der Waals surface area contributed by atoms with E-state index >= 15 is 0 Å². The van der Waals surface area contributed by atoms with Crippen molar-refractivity contribution in [3.63, 3.8) is 0 Å². The Morgan fingerprint density at radius 2 is 1.21 bits per heavy atom. The fourth-order valence-electron chi connectivity index (χ4n) is 2.70. The third kappa shape index (κ3) is 14.8. The van der Waals surface area contributed by atoms with E-state index in [0.717, 1.165) is 10.0 Å². The van der Waals surface area contributed by atoms with Crippen molar-refractivity contribution in [3.8, 4) is 11.5 Å². The molecule has 0 aliphatic heterocycles. The molecule has 0 radical (unpaired) electrons. The number of nitrogens with zero attached hydrogens (tertiary/aromatic N) is 1. The number of benzene rings is 3. The number of ether oxygens (including phenoxy) is 3. The summed E-state index contributed by atoms with van der Waals surface area (Å²) in [5.74, 6) is 0.549. The molecular weight excluding hydrogens is 478 g/mol. The summed E-state index contributed by atoms with van der Waals surface area (Å²) in [4.78, 5) is 22.8. The molecule has 3 aromatic rings. The van der Waals surface area contributed by atoms with Gasteiger partial charge in [0.1, 0.15) is 17.2 Å². The molecule has 0 saturated heterocycles. The summed E-state index contributed by atoms with van der Waals surface area (Å²) in [6, 6.07) is 23.8. The predicted molar refractivity (Wildman–Crippen MR) is 160 cm³/mol. The van der Waals surface area contributed by atoms with Gasteiger partial charge in [0.15, 0.2) is 0 Å². The Morgan fingerprint density at radius 3 is 1.68 bits per heavy atom. The maximum Gasteiger partial charge on any atom is 0.343 e. The number of methoxy groups -OCH3 is 2. The molecule has 6 heteroatoms. The lowest BCUT2D eigenvalue weighted by Crippen LogP contribution is -2.34. The van der Waals surface area contributed by atoms with Gasteiger partial charge in [-0.25, -0.2) is 4.79 Å². The molecule has 0 atom stereocenters. The summed E-state index contributed by atoms with van der Waals surface area (Å²) < 4.78 is 15.7. The number of quaternary nitrogens is 1. The van der Waals surface area contributed by atoms with Gasteiger partial charge in [-0.2, -0.15) is 0 Å². The molecule has 3 rings (SSSR count). The molecular formula is C32H48NO5+. The van der Waals surface area contributed by atoms with Gasteiger partial charge in [0.2, 0.25) is 0 Å². The van der Waals surface area contributed by atoms with Gasteiger partial charge in [-0.3, -0.25) is 9.28 Å². The van der Waals surface area contributed by atoms with Gasteiger partial charge >= 0.3 is 11.9 Å². The highest BCUT2D eigenvalue weighted by molar-refractivity contribution is 5.91. The van der Waals surface area contributed by atoms with Gasteiger partial charge in [0.05, 0.1) is 47.3 Å². The van der Waals surface area contributed by atoms with E-state index in [4.69, 9.17) is 9.47 Å². The number of carbonyl (C=O) groups is 2. The van der Waals surface area contributed by atoms with Gasteiger partial charge in [-0.15, -0.1) is 0 Å². The van der Waals surface area contributed by atoms with Gasteiger partial charge in [-0.05, 0) is 42.0 Å². The Balaban J connectivity index is 0. The number of esters is 2. The molecule has 6 nitrogen and oxygen atoms in total. The van der Waals surface area contributed by atoms with Crippen molar-refractivity contribution in [2.45, 2.75) is 48.0 Å². The first-order valence-electron chi connectivity index (χ1n) is 13.1. The summed E-state index contributed by atoms with van der Waals surface area (Å²) >= 11 is 0. The van der Waals surface area contributed by atoms with E-state index in [1.807, 2.05) is 71.9 Å². The van der Waals surface area contributed by atoms with Gasteiger partial charge in [0, 0.05) is 6.07 Å². The SMILES string of the molecule is CC.CC.CC.COC(=O)Cc1ccc([N+](C)(C)C)cc1.COc1cccc(OC(=O)c2ccccc2)c1. The van der Waals surface area contributed by atoms with Gasteiger partial charge < -0.3 is 14.2 Å². The average molecular weight is 527 g/mol. The van der Waals surface area contributed by atoms with Crippen LogP contribution in [0.15, 0.2) is 78.9 Å². The third-order valence-electron chi connectivity index (χ3n) is 4.55. The van der Waals surface area contributed by atoms with E-state index in [1.165, 1.54) is 12.8 Å². The van der Waals surface area contributed by atoms with Crippen LogP contribution in [0, 0.1) is 0 Å². The molecule has 0 amide bonds. The number of hydrogen-bond acceptors (Lipinski definition) is 5. The first-order chi connectivity index (χ1) is 18.2. The Labute approximate surface area is 230 Å². The Morgan fingerprint density at radius 1 is 0.684 bits per heavy atom. The lowest BCUT2D eigenvalue weighted by Gasteiger charge is -2.23. The van der Waals surface area contributed by atoms with Crippen LogP contribution >= 0.6 is 0 Å². The minimum absolute atomic E-state index is 0.201. The topological polar surface area (TPSA) is 61.8 Å². The van der Waals surface area contributed by atoms with E-state index < -0.39 is 0 Å². The molecule has 38 heavy (non-hydrogen) atoms. The fourth-order valence-corrected chi connectivity index (χ4v) is 2.70. The molecule has 210 valence electrons. The van der Waals surface area contributed by atoms with Gasteiger partial charge in [0.25, 0.3) is 0 Å². The first-order valence-corrected chi connectivity index (χ1v) is 13.1. The molecule has 0 N–H and O–H groups in total. The van der Waals surface area contributed by atoms with Crippen molar-refractivity contribution in [2.24, 2.45) is 0 Å². The van der Waals surface area contributed by atoms with Crippen molar-refractivity contribution >= 4 is 17.6 Å². The van der Waals surface area contributed by atoms with Crippen molar-refractivity contribution in [1.29, 1.82) is 0 Å². The largest absolute Gasteiger partial charge is 0.497 e. The highest BCUT2D eigenvalue weighted by Crippen LogP contribution is 2.20. The van der Waals surface area contributed by atoms with Crippen LogP contribution in [0.2, 0.25) is 0 Å². The Hall–Kier alpha value is -3.64. The van der Waals surface area contributed by atoms with Crippen molar-refractivity contribution in [3.05, 3.63) is 90.0 Å². The van der Waals surface area contributed by atoms with Crippen LogP contribution in [0.25, 0.3) is 0 Å². The summed E-state index contributed by atoms with van der Waals surface area (Å²) in [6.45, 7) is 12.0. The minimum atomic E-state index is -0.376. The minimum Gasteiger partial charge on any atom is -0.497 e. The molecule has 0 bridgehead atoms. The lowest BCUT2D eigenvalue weighted by molar-refractivity contribution is -0.139. The number of rotatable bonds is 6. The summed E-state index contributed by atoms with van der Waals surface area (Å²) in [5.41, 5.74) is 2.72. The van der Waals surface area contributed by atoms with Crippen molar-refractivity contribution in [2.75, 3.05) is 35.4 Å². The second kappa shape index (κ2) is 21.4. The Bertz CT molecular complexity index is 1010. The predicted octanol–water partition coefficient (Wildman–Crippen LogP) is 7.59. The molecule has 0 unspecified atom stereocenters. The average Bonchev–Trinajstić information content (AvgIpc) is 2.97.